The summed E-state index contributed by atoms with van der Waals surface area (Å²) in [6.07, 6.45) is 0.603. The fourth-order valence-electron chi connectivity index (χ4n) is 2.51. The van der Waals surface area contributed by atoms with Crippen LogP contribution in [0.3, 0.4) is 0 Å². The first-order valence-electron chi connectivity index (χ1n) is 6.16. The SMILES string of the molecule is Cc1ccsc1C(=O)CC1CNc2ccccc21. The zero-order chi connectivity index (χ0) is 12.5. The van der Waals surface area contributed by atoms with Gasteiger partial charge in [-0.05, 0) is 35.6 Å². The lowest BCUT2D eigenvalue weighted by atomic mass is 9.95. The van der Waals surface area contributed by atoms with Crippen LogP contribution in [0.1, 0.15) is 33.1 Å². The summed E-state index contributed by atoms with van der Waals surface area (Å²) in [4.78, 5) is 13.2. The molecule has 3 rings (SSSR count). The van der Waals surface area contributed by atoms with Crippen LogP contribution in [-0.2, 0) is 0 Å². The molecule has 0 aliphatic carbocycles. The fourth-order valence-corrected chi connectivity index (χ4v) is 3.39. The van der Waals surface area contributed by atoms with Crippen LogP contribution in [0.4, 0.5) is 5.69 Å². The summed E-state index contributed by atoms with van der Waals surface area (Å²) < 4.78 is 0. The molecule has 1 aliphatic heterocycles. The third-order valence-corrected chi connectivity index (χ3v) is 4.54. The number of ketones is 1. The average molecular weight is 257 g/mol. The normalized spacial score (nSPS) is 17.3. The van der Waals surface area contributed by atoms with Gasteiger partial charge in [0, 0.05) is 24.6 Å². The number of nitrogens with one attached hydrogen (secondary N) is 1. The van der Waals surface area contributed by atoms with Crippen LogP contribution < -0.4 is 5.32 Å². The van der Waals surface area contributed by atoms with Crippen molar-refractivity contribution in [2.45, 2.75) is 19.3 Å². The number of aryl methyl sites for hydroxylation is 1. The average Bonchev–Trinajstić information content (AvgIpc) is 2.97. The van der Waals surface area contributed by atoms with Crippen molar-refractivity contribution >= 4 is 22.8 Å². The molecule has 2 aromatic rings. The Hall–Kier alpha value is -1.61. The second-order valence-electron chi connectivity index (χ2n) is 4.73. The summed E-state index contributed by atoms with van der Waals surface area (Å²) in [5, 5.41) is 5.36. The predicted molar refractivity (Wildman–Crippen MR) is 75.7 cm³/mol. The molecule has 0 spiro atoms. The Morgan fingerprint density at radius 3 is 3.00 bits per heavy atom. The van der Waals surface area contributed by atoms with Crippen molar-refractivity contribution < 1.29 is 4.79 Å². The van der Waals surface area contributed by atoms with Crippen molar-refractivity contribution in [2.24, 2.45) is 0 Å². The number of anilines is 1. The van der Waals surface area contributed by atoms with E-state index in [2.05, 4.69) is 17.4 Å². The standard InChI is InChI=1S/C15H15NOS/c1-10-6-7-18-15(10)14(17)8-11-9-16-13-5-3-2-4-12(11)13/h2-7,11,16H,8-9H2,1H3. The molecule has 0 amide bonds. The van der Waals surface area contributed by atoms with Gasteiger partial charge in [-0.3, -0.25) is 4.79 Å². The van der Waals surface area contributed by atoms with Crippen molar-refractivity contribution in [3.05, 3.63) is 51.7 Å². The Balaban J connectivity index is 1.79. The first-order valence-corrected chi connectivity index (χ1v) is 7.04. The van der Waals surface area contributed by atoms with Gasteiger partial charge in [0.2, 0.25) is 0 Å². The number of hydrogen-bond donors (Lipinski definition) is 1. The summed E-state index contributed by atoms with van der Waals surface area (Å²) >= 11 is 1.55. The lowest BCUT2D eigenvalue weighted by Crippen LogP contribution is -2.09. The van der Waals surface area contributed by atoms with E-state index >= 15 is 0 Å². The van der Waals surface area contributed by atoms with Crippen molar-refractivity contribution in [1.82, 2.24) is 0 Å². The van der Waals surface area contributed by atoms with Gasteiger partial charge >= 0.3 is 0 Å². The monoisotopic (exact) mass is 257 g/mol. The number of thiophene rings is 1. The van der Waals surface area contributed by atoms with Gasteiger partial charge in [0.25, 0.3) is 0 Å². The molecule has 18 heavy (non-hydrogen) atoms. The molecule has 0 saturated heterocycles. The van der Waals surface area contributed by atoms with Crippen LogP contribution in [0.2, 0.25) is 0 Å². The smallest absolute Gasteiger partial charge is 0.173 e. The largest absolute Gasteiger partial charge is 0.384 e. The molecule has 2 nitrogen and oxygen atoms in total. The van der Waals surface area contributed by atoms with E-state index in [1.54, 1.807) is 11.3 Å². The summed E-state index contributed by atoms with van der Waals surface area (Å²) in [5.41, 5.74) is 3.56. The molecule has 1 atom stereocenters. The van der Waals surface area contributed by atoms with Crippen LogP contribution in [0.5, 0.6) is 0 Å². The number of carbonyl (C=O) groups is 1. The van der Waals surface area contributed by atoms with Gasteiger partial charge in [-0.25, -0.2) is 0 Å². The molecule has 2 heterocycles. The maximum atomic E-state index is 12.3. The number of fused-ring (bicyclic) bond motifs is 1. The Morgan fingerprint density at radius 2 is 2.22 bits per heavy atom. The highest BCUT2D eigenvalue weighted by Gasteiger charge is 2.25. The molecular weight excluding hydrogens is 242 g/mol. The second-order valence-corrected chi connectivity index (χ2v) is 5.64. The number of hydrogen-bond acceptors (Lipinski definition) is 3. The Labute approximate surface area is 111 Å². The maximum Gasteiger partial charge on any atom is 0.173 e. The van der Waals surface area contributed by atoms with E-state index in [4.69, 9.17) is 0 Å². The van der Waals surface area contributed by atoms with Gasteiger partial charge in [0.15, 0.2) is 5.78 Å². The van der Waals surface area contributed by atoms with Crippen LogP contribution in [0, 0.1) is 6.92 Å². The minimum atomic E-state index is 0.269. The molecule has 0 radical (unpaired) electrons. The van der Waals surface area contributed by atoms with E-state index in [9.17, 15) is 4.79 Å². The van der Waals surface area contributed by atoms with Gasteiger partial charge < -0.3 is 5.32 Å². The Morgan fingerprint density at radius 1 is 1.39 bits per heavy atom. The van der Waals surface area contributed by atoms with Crippen LogP contribution in [0.15, 0.2) is 35.7 Å². The van der Waals surface area contributed by atoms with Crippen LogP contribution in [0.25, 0.3) is 0 Å². The van der Waals surface area contributed by atoms with Crippen molar-refractivity contribution in [3.63, 3.8) is 0 Å². The Kier molecular flexibility index (Phi) is 2.92. The van der Waals surface area contributed by atoms with Crippen molar-refractivity contribution in [1.29, 1.82) is 0 Å². The minimum Gasteiger partial charge on any atom is -0.384 e. The molecule has 0 saturated carbocycles. The van der Waals surface area contributed by atoms with Gasteiger partial charge in [-0.2, -0.15) is 0 Å². The summed E-state index contributed by atoms with van der Waals surface area (Å²) in [6, 6.07) is 10.3. The van der Waals surface area contributed by atoms with E-state index in [1.165, 1.54) is 11.3 Å². The maximum absolute atomic E-state index is 12.3. The Bertz CT molecular complexity index is 588. The van der Waals surface area contributed by atoms with Gasteiger partial charge in [-0.1, -0.05) is 18.2 Å². The number of Topliss-reactive ketones (excluding diaryl/α,β-unsaturated/α-hetero) is 1. The van der Waals surface area contributed by atoms with E-state index in [0.717, 1.165) is 17.0 Å². The molecule has 1 aromatic carbocycles. The molecule has 0 bridgehead atoms. The van der Waals surface area contributed by atoms with Gasteiger partial charge in [-0.15, -0.1) is 11.3 Å². The quantitative estimate of drug-likeness (QED) is 0.846. The first-order chi connectivity index (χ1) is 8.75. The van der Waals surface area contributed by atoms with Crippen LogP contribution in [-0.4, -0.2) is 12.3 Å². The molecule has 3 heteroatoms. The molecule has 92 valence electrons. The van der Waals surface area contributed by atoms with Crippen molar-refractivity contribution in [3.8, 4) is 0 Å². The molecule has 1 unspecified atom stereocenters. The number of rotatable bonds is 3. The highest BCUT2D eigenvalue weighted by molar-refractivity contribution is 7.12. The van der Waals surface area contributed by atoms with E-state index < -0.39 is 0 Å². The van der Waals surface area contributed by atoms with Gasteiger partial charge in [0.1, 0.15) is 0 Å². The topological polar surface area (TPSA) is 29.1 Å². The lowest BCUT2D eigenvalue weighted by molar-refractivity contribution is 0.0979. The summed E-state index contributed by atoms with van der Waals surface area (Å²) in [6.45, 7) is 2.88. The number of benzene rings is 1. The third kappa shape index (κ3) is 1.95. The second kappa shape index (κ2) is 4.58. The van der Waals surface area contributed by atoms with Crippen molar-refractivity contribution in [2.75, 3.05) is 11.9 Å². The number of para-hydroxylation sites is 1. The fraction of sp³-hybridized carbons (Fsp3) is 0.267. The number of carbonyl (C=O) groups excluding carboxylic acids is 1. The zero-order valence-electron chi connectivity index (χ0n) is 10.3. The van der Waals surface area contributed by atoms with E-state index in [-0.39, 0.29) is 5.78 Å². The summed E-state index contributed by atoms with van der Waals surface area (Å²) in [7, 11) is 0. The molecule has 0 fully saturated rings. The lowest BCUT2D eigenvalue weighted by Gasteiger charge is -2.08. The molecular formula is C15H15NOS. The highest BCUT2D eigenvalue weighted by Crippen LogP contribution is 2.34. The zero-order valence-corrected chi connectivity index (χ0v) is 11.1. The summed E-state index contributed by atoms with van der Waals surface area (Å²) in [5.74, 6) is 0.584. The predicted octanol–water partition coefficient (Wildman–Crippen LogP) is 3.84. The van der Waals surface area contributed by atoms with Crippen LogP contribution >= 0.6 is 11.3 Å². The minimum absolute atomic E-state index is 0.269. The van der Waals surface area contributed by atoms with Gasteiger partial charge in [0.05, 0.1) is 4.88 Å². The first kappa shape index (κ1) is 11.5. The van der Waals surface area contributed by atoms with E-state index in [0.29, 0.717) is 12.3 Å². The molecule has 1 N–H and O–H groups in total. The van der Waals surface area contributed by atoms with E-state index in [1.807, 2.05) is 30.5 Å². The third-order valence-electron chi connectivity index (χ3n) is 3.49. The molecule has 1 aromatic heterocycles. The molecule has 1 aliphatic rings. The highest BCUT2D eigenvalue weighted by atomic mass is 32.1.